The van der Waals surface area contributed by atoms with Gasteiger partial charge in [0.25, 0.3) is 0 Å². The van der Waals surface area contributed by atoms with Crippen molar-refractivity contribution in [3.8, 4) is 5.75 Å². The van der Waals surface area contributed by atoms with Crippen LogP contribution in [0, 0.1) is 16.6 Å². The Bertz CT molecular complexity index is 1550. The number of halogens is 1. The van der Waals surface area contributed by atoms with E-state index in [4.69, 9.17) is 10.1 Å². The van der Waals surface area contributed by atoms with Gasteiger partial charge in [-0.3, -0.25) is 4.79 Å². The van der Waals surface area contributed by atoms with Crippen LogP contribution in [0.2, 0.25) is 0 Å². The molecular weight excluding hydrogens is 527 g/mol. The second-order valence-corrected chi connectivity index (χ2v) is 11.9. The highest BCUT2D eigenvalue weighted by atomic mass is 32.2. The first-order valence-corrected chi connectivity index (χ1v) is 14.1. The third-order valence-corrected chi connectivity index (χ3v) is 9.50. The summed E-state index contributed by atoms with van der Waals surface area (Å²) in [5.74, 6) is -0.221. The Kier molecular flexibility index (Phi) is 6.99. The molecule has 2 N–H and O–H groups in total. The number of ketones is 1. The van der Waals surface area contributed by atoms with Crippen LogP contribution in [0.25, 0.3) is 0 Å². The summed E-state index contributed by atoms with van der Waals surface area (Å²) >= 11 is 1.20. The second-order valence-electron chi connectivity index (χ2n) is 9.08. The van der Waals surface area contributed by atoms with Gasteiger partial charge < -0.3 is 15.5 Å². The summed E-state index contributed by atoms with van der Waals surface area (Å²) in [6.45, 7) is 0.0972. The molecule has 1 unspecified atom stereocenters. The topological polar surface area (TPSA) is 112 Å². The van der Waals surface area contributed by atoms with Gasteiger partial charge >= 0.3 is 0 Å². The Hall–Kier alpha value is -3.67. The maximum Gasteiger partial charge on any atom is 0.243 e. The predicted molar refractivity (Wildman–Crippen MR) is 144 cm³/mol. The van der Waals surface area contributed by atoms with Gasteiger partial charge in [0.05, 0.1) is 17.4 Å². The van der Waals surface area contributed by atoms with Crippen molar-refractivity contribution in [2.45, 2.75) is 17.7 Å². The lowest BCUT2D eigenvalue weighted by molar-refractivity contribution is 0.0775. The van der Waals surface area contributed by atoms with E-state index in [9.17, 15) is 17.6 Å². The van der Waals surface area contributed by atoms with Crippen LogP contribution in [0.5, 0.6) is 5.75 Å². The number of aromatic nitrogens is 1. The van der Waals surface area contributed by atoms with Gasteiger partial charge in [-0.05, 0) is 60.9 Å². The molecule has 2 aliphatic rings. The number of anilines is 1. The predicted octanol–water partition coefficient (Wildman–Crippen LogP) is 4.90. The molecule has 2 heterocycles. The Morgan fingerprint density at radius 2 is 2.05 bits per heavy atom. The minimum atomic E-state index is -3.94. The molecule has 8 nitrogen and oxygen atoms in total. The highest BCUT2D eigenvalue weighted by Crippen LogP contribution is 2.48. The van der Waals surface area contributed by atoms with E-state index in [0.717, 1.165) is 5.57 Å². The Labute approximate surface area is 224 Å². The zero-order valence-electron chi connectivity index (χ0n) is 20.5. The van der Waals surface area contributed by atoms with Gasteiger partial charge in [-0.15, -0.1) is 11.3 Å². The van der Waals surface area contributed by atoms with Crippen LogP contribution in [-0.4, -0.2) is 49.9 Å². The number of nitrogens with zero attached hydrogens (tertiary/aromatic N) is 2. The fourth-order valence-electron chi connectivity index (χ4n) is 4.92. The highest BCUT2D eigenvalue weighted by Gasteiger charge is 2.51. The number of hydrogen-bond acceptors (Lipinski definition) is 8. The fraction of sp³-hybridized carbons (Fsp3) is 0.222. The molecule has 0 amide bonds. The lowest BCUT2D eigenvalue weighted by Crippen LogP contribution is -2.52. The number of benzene rings is 2. The van der Waals surface area contributed by atoms with E-state index in [1.165, 1.54) is 53.2 Å². The molecule has 0 spiro atoms. The third-order valence-electron chi connectivity index (χ3n) is 6.89. The van der Waals surface area contributed by atoms with Gasteiger partial charge in [0.2, 0.25) is 15.8 Å². The molecule has 2 aromatic carbocycles. The van der Waals surface area contributed by atoms with Crippen molar-refractivity contribution in [1.82, 2.24) is 9.29 Å². The van der Waals surface area contributed by atoms with Crippen LogP contribution >= 0.6 is 11.3 Å². The van der Waals surface area contributed by atoms with Crippen molar-refractivity contribution in [1.29, 1.82) is 5.41 Å². The monoisotopic (exact) mass is 552 g/mol. The SMILES string of the molecule is COc1cccc(S(=O)(=O)N2CCC3=CC(Nc4ccc(F)cc4)=C(C=N)CC3(C(=O)c3nccs3)C2)c1. The zero-order chi connectivity index (χ0) is 26.9. The summed E-state index contributed by atoms with van der Waals surface area (Å²) in [5.41, 5.74) is 1.33. The number of rotatable bonds is 8. The molecule has 11 heteroatoms. The third kappa shape index (κ3) is 4.68. The summed E-state index contributed by atoms with van der Waals surface area (Å²) in [7, 11) is -2.47. The average Bonchev–Trinajstić information content (AvgIpc) is 3.48. The first-order chi connectivity index (χ1) is 18.3. The summed E-state index contributed by atoms with van der Waals surface area (Å²) in [4.78, 5) is 18.3. The fourth-order valence-corrected chi connectivity index (χ4v) is 7.13. The smallest absolute Gasteiger partial charge is 0.243 e. The van der Waals surface area contributed by atoms with Crippen LogP contribution in [0.3, 0.4) is 0 Å². The average molecular weight is 553 g/mol. The van der Waals surface area contributed by atoms with Gasteiger partial charge in [0, 0.05) is 48.3 Å². The molecule has 1 aliphatic carbocycles. The van der Waals surface area contributed by atoms with E-state index in [2.05, 4.69) is 10.3 Å². The molecule has 1 aromatic heterocycles. The summed E-state index contributed by atoms with van der Waals surface area (Å²) in [5, 5.41) is 13.3. The number of nitrogens with one attached hydrogen (secondary N) is 2. The highest BCUT2D eigenvalue weighted by molar-refractivity contribution is 7.89. The normalized spacial score (nSPS) is 19.9. The van der Waals surface area contributed by atoms with E-state index in [-0.39, 0.29) is 41.0 Å². The Morgan fingerprint density at radius 3 is 2.74 bits per heavy atom. The summed E-state index contributed by atoms with van der Waals surface area (Å²) < 4.78 is 47.3. The number of thiazole rings is 1. The Balaban J connectivity index is 1.55. The van der Waals surface area contributed by atoms with Crippen molar-refractivity contribution >= 4 is 39.0 Å². The van der Waals surface area contributed by atoms with Gasteiger partial charge in [0.15, 0.2) is 5.01 Å². The molecule has 0 bridgehead atoms. The van der Waals surface area contributed by atoms with Gasteiger partial charge in [0.1, 0.15) is 11.6 Å². The van der Waals surface area contributed by atoms with Crippen LogP contribution in [0.15, 0.2) is 87.9 Å². The molecule has 38 heavy (non-hydrogen) atoms. The number of hydrogen-bond donors (Lipinski definition) is 2. The number of piperidine rings is 1. The number of allylic oxidation sites excluding steroid dienone is 2. The Morgan fingerprint density at radius 1 is 1.26 bits per heavy atom. The van der Waals surface area contributed by atoms with E-state index >= 15 is 0 Å². The van der Waals surface area contributed by atoms with Gasteiger partial charge in [-0.1, -0.05) is 11.6 Å². The number of carbonyl (C=O) groups is 1. The number of Topliss-reactive ketones (excluding diaryl/α,β-unsaturated/α-hetero) is 1. The number of methoxy groups -OCH3 is 1. The van der Waals surface area contributed by atoms with Crippen molar-refractivity contribution in [3.63, 3.8) is 0 Å². The first kappa shape index (κ1) is 26.0. The van der Waals surface area contributed by atoms with Crippen molar-refractivity contribution in [2.24, 2.45) is 5.41 Å². The first-order valence-electron chi connectivity index (χ1n) is 11.8. The largest absolute Gasteiger partial charge is 0.497 e. The lowest BCUT2D eigenvalue weighted by atomic mass is 9.66. The standard InChI is InChI=1S/C27H25FN4O4S2/c1-36-22-3-2-4-23(14-22)38(34,35)32-11-9-19-13-24(31-21-7-5-20(28)6-8-21)18(16-29)15-27(19,17-32)25(33)26-30-10-12-37-26/h2-8,10,12-14,16,29,31H,9,11,15,17H2,1H3. The number of carbonyl (C=O) groups excluding carboxylic acids is 1. The van der Waals surface area contributed by atoms with Crippen LogP contribution in [0.4, 0.5) is 10.1 Å². The molecule has 5 rings (SSSR count). The number of sulfonamides is 1. The van der Waals surface area contributed by atoms with E-state index < -0.39 is 15.4 Å². The van der Waals surface area contributed by atoms with E-state index in [0.29, 0.717) is 29.1 Å². The maximum atomic E-state index is 14.0. The number of ether oxygens (including phenoxy) is 1. The van der Waals surface area contributed by atoms with Crippen LogP contribution in [-0.2, 0) is 10.0 Å². The summed E-state index contributed by atoms with van der Waals surface area (Å²) in [6, 6.07) is 12.1. The molecule has 1 aliphatic heterocycles. The molecule has 3 aromatic rings. The maximum absolute atomic E-state index is 14.0. The van der Waals surface area contributed by atoms with Crippen molar-refractivity contribution in [3.05, 3.63) is 93.9 Å². The van der Waals surface area contributed by atoms with E-state index in [1.54, 1.807) is 35.8 Å². The molecule has 1 atom stereocenters. The molecule has 0 saturated carbocycles. The lowest BCUT2D eigenvalue weighted by Gasteiger charge is -2.45. The van der Waals surface area contributed by atoms with Crippen LogP contribution in [0.1, 0.15) is 22.6 Å². The molecule has 1 saturated heterocycles. The molecule has 196 valence electrons. The van der Waals surface area contributed by atoms with Crippen molar-refractivity contribution < 1.29 is 22.3 Å². The quantitative estimate of drug-likeness (QED) is 0.304. The molecule has 0 radical (unpaired) electrons. The minimum Gasteiger partial charge on any atom is -0.497 e. The number of fused-ring (bicyclic) bond motifs is 1. The van der Waals surface area contributed by atoms with Crippen molar-refractivity contribution in [2.75, 3.05) is 25.5 Å². The second kappa shape index (κ2) is 10.2. The van der Waals surface area contributed by atoms with Gasteiger partial charge in [-0.25, -0.2) is 17.8 Å². The zero-order valence-corrected chi connectivity index (χ0v) is 22.1. The molecular formula is C27H25FN4O4S2. The van der Waals surface area contributed by atoms with Crippen LogP contribution < -0.4 is 10.1 Å². The van der Waals surface area contributed by atoms with E-state index in [1.807, 2.05) is 6.08 Å². The summed E-state index contributed by atoms with van der Waals surface area (Å²) in [6.07, 6.45) is 4.98. The van der Waals surface area contributed by atoms with Gasteiger partial charge in [-0.2, -0.15) is 4.31 Å². The minimum absolute atomic E-state index is 0.0819. The molecule has 1 fully saturated rings.